The second-order valence-electron chi connectivity index (χ2n) is 3.66. The first-order valence-corrected chi connectivity index (χ1v) is 5.91. The van der Waals surface area contributed by atoms with Crippen LogP contribution in [0.3, 0.4) is 0 Å². The van der Waals surface area contributed by atoms with Gasteiger partial charge in [0.2, 0.25) is 0 Å². The molecule has 0 spiro atoms. The Kier molecular flexibility index (Phi) is 3.53. The Bertz CT molecular complexity index is 432. The highest BCUT2D eigenvalue weighted by Gasteiger charge is 2.11. The number of amidine groups is 1. The van der Waals surface area contributed by atoms with Gasteiger partial charge in [-0.05, 0) is 34.8 Å². The largest absolute Gasteiger partial charge is 0.342 e. The first-order chi connectivity index (χ1) is 7.66. The van der Waals surface area contributed by atoms with E-state index in [9.17, 15) is 8.78 Å². The molecule has 0 aliphatic carbocycles. The van der Waals surface area contributed by atoms with Gasteiger partial charge < -0.3 is 5.32 Å². The molecule has 0 unspecified atom stereocenters. The first-order valence-electron chi connectivity index (χ1n) is 5.12. The summed E-state index contributed by atoms with van der Waals surface area (Å²) in [5.74, 6) is -0.242. The van der Waals surface area contributed by atoms with Crippen molar-refractivity contribution in [2.45, 2.75) is 19.3 Å². The van der Waals surface area contributed by atoms with Gasteiger partial charge in [0.15, 0.2) is 0 Å². The zero-order valence-corrected chi connectivity index (χ0v) is 10.2. The Morgan fingerprint density at radius 2 is 2.00 bits per heavy atom. The summed E-state index contributed by atoms with van der Waals surface area (Å²) in [5.41, 5.74) is 0.140. The van der Waals surface area contributed by atoms with Crippen LogP contribution in [-0.2, 0) is 0 Å². The van der Waals surface area contributed by atoms with E-state index in [2.05, 4.69) is 26.2 Å². The molecule has 16 heavy (non-hydrogen) atoms. The number of hydrogen-bond acceptors (Lipinski definition) is 2. The molecule has 1 N–H and O–H groups in total. The highest BCUT2D eigenvalue weighted by molar-refractivity contribution is 9.10. The molecule has 0 saturated heterocycles. The van der Waals surface area contributed by atoms with Crippen molar-refractivity contribution in [1.29, 1.82) is 0 Å². The fourth-order valence-electron chi connectivity index (χ4n) is 1.57. The molecular weight excluding hydrogens is 278 g/mol. The number of rotatable bonds is 1. The molecule has 0 amide bonds. The predicted molar refractivity (Wildman–Crippen MR) is 63.8 cm³/mol. The minimum Gasteiger partial charge on any atom is -0.342 e. The van der Waals surface area contributed by atoms with E-state index in [4.69, 9.17) is 0 Å². The number of anilines is 1. The van der Waals surface area contributed by atoms with Crippen molar-refractivity contribution < 1.29 is 8.78 Å². The van der Waals surface area contributed by atoms with Crippen LogP contribution in [0.1, 0.15) is 19.3 Å². The van der Waals surface area contributed by atoms with Gasteiger partial charge in [-0.15, -0.1) is 0 Å². The average molecular weight is 289 g/mol. The van der Waals surface area contributed by atoms with E-state index in [1.54, 1.807) is 0 Å². The lowest BCUT2D eigenvalue weighted by atomic mass is 10.1. The predicted octanol–water partition coefficient (Wildman–Crippen LogP) is 3.72. The lowest BCUT2D eigenvalue weighted by Crippen LogP contribution is -2.17. The van der Waals surface area contributed by atoms with Gasteiger partial charge in [-0.1, -0.05) is 0 Å². The Balaban J connectivity index is 2.20. The third-order valence-corrected chi connectivity index (χ3v) is 3.02. The maximum atomic E-state index is 13.5. The molecule has 1 aromatic rings. The van der Waals surface area contributed by atoms with Gasteiger partial charge in [0.05, 0.1) is 10.2 Å². The summed E-state index contributed by atoms with van der Waals surface area (Å²) in [5, 5.41) is 2.83. The maximum Gasteiger partial charge on any atom is 0.148 e. The van der Waals surface area contributed by atoms with Crippen LogP contribution in [-0.4, -0.2) is 12.4 Å². The highest BCUT2D eigenvalue weighted by atomic mass is 79.9. The summed E-state index contributed by atoms with van der Waals surface area (Å²) < 4.78 is 26.8. The third-order valence-electron chi connectivity index (χ3n) is 2.41. The fourth-order valence-corrected chi connectivity index (χ4v) is 1.89. The number of nitrogens with one attached hydrogen (secondary N) is 1. The van der Waals surface area contributed by atoms with E-state index in [1.165, 1.54) is 0 Å². The normalized spacial score (nSPS) is 15.8. The highest BCUT2D eigenvalue weighted by Crippen LogP contribution is 2.24. The fraction of sp³-hybridized carbons (Fsp3) is 0.364. The van der Waals surface area contributed by atoms with E-state index >= 15 is 0 Å². The number of benzene rings is 1. The number of aliphatic imine (C=N–C) groups is 1. The Morgan fingerprint density at radius 1 is 1.19 bits per heavy atom. The van der Waals surface area contributed by atoms with Gasteiger partial charge in [0.1, 0.15) is 17.5 Å². The summed E-state index contributed by atoms with van der Waals surface area (Å²) in [4.78, 5) is 4.22. The van der Waals surface area contributed by atoms with Crippen molar-refractivity contribution in [3.63, 3.8) is 0 Å². The number of halogens is 3. The van der Waals surface area contributed by atoms with Crippen molar-refractivity contribution in [3.05, 3.63) is 28.2 Å². The number of nitrogens with zero attached hydrogens (tertiary/aromatic N) is 1. The van der Waals surface area contributed by atoms with Crippen molar-refractivity contribution in [2.24, 2.45) is 4.99 Å². The van der Waals surface area contributed by atoms with Gasteiger partial charge in [-0.2, -0.15) is 0 Å². The van der Waals surface area contributed by atoms with Crippen molar-refractivity contribution in [1.82, 2.24) is 0 Å². The minimum atomic E-state index is -0.486. The zero-order valence-electron chi connectivity index (χ0n) is 8.56. The smallest absolute Gasteiger partial charge is 0.148 e. The summed E-state index contributed by atoms with van der Waals surface area (Å²) in [7, 11) is 0. The van der Waals surface area contributed by atoms with Crippen molar-refractivity contribution in [3.8, 4) is 0 Å². The van der Waals surface area contributed by atoms with Crippen LogP contribution in [0.4, 0.5) is 14.5 Å². The summed E-state index contributed by atoms with van der Waals surface area (Å²) in [6, 6.07) is 2.25. The molecule has 0 atom stereocenters. The quantitative estimate of drug-likeness (QED) is 0.783. The molecule has 2 rings (SSSR count). The summed E-state index contributed by atoms with van der Waals surface area (Å²) in [6.07, 6.45) is 2.88. The van der Waals surface area contributed by atoms with Gasteiger partial charge in [-0.3, -0.25) is 4.99 Å². The molecule has 1 aromatic carbocycles. The summed E-state index contributed by atoms with van der Waals surface area (Å²) in [6.45, 7) is 0.753. The molecule has 0 fully saturated rings. The SMILES string of the molecule is Fc1cc(NC2=NCCCC2)c(F)cc1Br. The molecule has 0 bridgehead atoms. The molecule has 1 aliphatic heterocycles. The van der Waals surface area contributed by atoms with Crippen molar-refractivity contribution >= 4 is 27.5 Å². The monoisotopic (exact) mass is 288 g/mol. The second-order valence-corrected chi connectivity index (χ2v) is 4.51. The van der Waals surface area contributed by atoms with Crippen LogP contribution < -0.4 is 5.32 Å². The van der Waals surface area contributed by atoms with Gasteiger partial charge >= 0.3 is 0 Å². The lowest BCUT2D eigenvalue weighted by molar-refractivity contribution is 0.597. The van der Waals surface area contributed by atoms with Crippen LogP contribution >= 0.6 is 15.9 Å². The van der Waals surface area contributed by atoms with E-state index in [1.807, 2.05) is 0 Å². The van der Waals surface area contributed by atoms with Crippen LogP contribution in [0.15, 0.2) is 21.6 Å². The van der Waals surface area contributed by atoms with E-state index in [-0.39, 0.29) is 10.2 Å². The Morgan fingerprint density at radius 3 is 2.69 bits per heavy atom. The van der Waals surface area contributed by atoms with Gasteiger partial charge in [0.25, 0.3) is 0 Å². The molecule has 1 aliphatic rings. The third kappa shape index (κ3) is 2.58. The molecule has 86 valence electrons. The average Bonchev–Trinajstić information content (AvgIpc) is 2.27. The van der Waals surface area contributed by atoms with Crippen molar-refractivity contribution in [2.75, 3.05) is 11.9 Å². The molecule has 5 heteroatoms. The standard InChI is InChI=1S/C11H11BrF2N2/c12-7-5-9(14)10(6-8(7)13)16-11-3-1-2-4-15-11/h5-6H,1-4H2,(H,15,16). The van der Waals surface area contributed by atoms with Gasteiger partial charge in [-0.25, -0.2) is 8.78 Å². The summed E-state index contributed by atoms with van der Waals surface area (Å²) >= 11 is 2.93. The van der Waals surface area contributed by atoms with E-state index in [0.717, 1.165) is 43.8 Å². The maximum absolute atomic E-state index is 13.5. The molecule has 0 aromatic heterocycles. The zero-order chi connectivity index (χ0) is 11.5. The van der Waals surface area contributed by atoms with Gasteiger partial charge in [0, 0.05) is 19.0 Å². The van der Waals surface area contributed by atoms with E-state index in [0.29, 0.717) is 0 Å². The second kappa shape index (κ2) is 4.91. The molecule has 0 radical (unpaired) electrons. The Labute approximate surface area is 101 Å². The molecule has 2 nitrogen and oxygen atoms in total. The molecule has 1 heterocycles. The topological polar surface area (TPSA) is 24.4 Å². The van der Waals surface area contributed by atoms with Crippen LogP contribution in [0.5, 0.6) is 0 Å². The Hall–Kier alpha value is -0.970. The van der Waals surface area contributed by atoms with Crippen LogP contribution in [0, 0.1) is 11.6 Å². The lowest BCUT2D eigenvalue weighted by Gasteiger charge is -2.14. The van der Waals surface area contributed by atoms with Crippen LogP contribution in [0.25, 0.3) is 0 Å². The van der Waals surface area contributed by atoms with Crippen LogP contribution in [0.2, 0.25) is 0 Å². The number of hydrogen-bond donors (Lipinski definition) is 1. The molecule has 0 saturated carbocycles. The molecular formula is C11H11BrF2N2. The van der Waals surface area contributed by atoms with E-state index < -0.39 is 11.6 Å². The first kappa shape index (κ1) is 11.5. The minimum absolute atomic E-state index is 0.126.